The Morgan fingerprint density at radius 1 is 0.960 bits per heavy atom. The number of carbonyl (C=O) groups is 2. The summed E-state index contributed by atoms with van der Waals surface area (Å²) in [6.07, 6.45) is 8.05. The fourth-order valence-corrected chi connectivity index (χ4v) is 4.38. The van der Waals surface area contributed by atoms with Gasteiger partial charge in [0.25, 0.3) is 0 Å². The van der Waals surface area contributed by atoms with Gasteiger partial charge in [-0.1, -0.05) is 11.8 Å². The van der Waals surface area contributed by atoms with Crippen LogP contribution in [0.15, 0.2) is 17.4 Å². The molecule has 0 radical (unpaired) electrons. The highest BCUT2D eigenvalue weighted by atomic mass is 32.2. The molecule has 3 rings (SSSR count). The molecule has 2 fully saturated rings. The smallest absolute Gasteiger partial charge is 0.245 e. The van der Waals surface area contributed by atoms with E-state index in [1.807, 2.05) is 22.8 Å². The number of aryl methyl sites for hydroxylation is 1. The molecule has 0 aromatic carbocycles. The minimum atomic E-state index is -0.766. The van der Waals surface area contributed by atoms with E-state index in [-0.39, 0.29) is 11.8 Å². The Kier molecular flexibility index (Phi) is 6.29. The van der Waals surface area contributed by atoms with Gasteiger partial charge in [0.2, 0.25) is 11.8 Å². The maximum atomic E-state index is 13.1. The molecule has 2 saturated heterocycles. The third-order valence-corrected chi connectivity index (χ3v) is 5.83. The van der Waals surface area contributed by atoms with Gasteiger partial charge in [-0.2, -0.15) is 0 Å². The summed E-state index contributed by atoms with van der Waals surface area (Å²) in [7, 11) is 0. The number of hydrogen-bond acceptors (Lipinski definition) is 5. The highest BCUT2D eigenvalue weighted by Gasteiger charge is 2.36. The molecule has 7 heteroatoms. The van der Waals surface area contributed by atoms with Crippen LogP contribution in [0.25, 0.3) is 0 Å². The molecular weight excluding hydrogens is 336 g/mol. The Hall–Kier alpha value is -1.63. The fourth-order valence-electron chi connectivity index (χ4n) is 3.35. The SMILES string of the molecule is Cc1ccnc(SC(C(=O)N2CCCCC2)C(=O)N2CCCCC2)n1. The Bertz CT molecular complexity index is 583. The molecule has 6 nitrogen and oxygen atoms in total. The first-order valence-corrected chi connectivity index (χ1v) is 10.1. The summed E-state index contributed by atoms with van der Waals surface area (Å²) < 4.78 is 0. The van der Waals surface area contributed by atoms with Gasteiger partial charge in [-0.05, 0) is 51.5 Å². The van der Waals surface area contributed by atoms with E-state index in [0.717, 1.165) is 70.4 Å². The van der Waals surface area contributed by atoms with Crippen molar-refractivity contribution < 1.29 is 9.59 Å². The summed E-state index contributed by atoms with van der Waals surface area (Å²) in [5.74, 6) is -0.157. The van der Waals surface area contributed by atoms with Gasteiger partial charge in [0.15, 0.2) is 10.4 Å². The molecule has 2 aliphatic rings. The molecule has 2 amide bonds. The number of nitrogens with zero attached hydrogens (tertiary/aromatic N) is 4. The van der Waals surface area contributed by atoms with Crippen LogP contribution in [0.1, 0.15) is 44.2 Å². The van der Waals surface area contributed by atoms with Crippen LogP contribution in [0, 0.1) is 6.92 Å². The van der Waals surface area contributed by atoms with Crippen molar-refractivity contribution >= 4 is 23.6 Å². The highest BCUT2D eigenvalue weighted by molar-refractivity contribution is 8.01. The zero-order valence-electron chi connectivity index (χ0n) is 14.8. The van der Waals surface area contributed by atoms with E-state index in [1.54, 1.807) is 6.20 Å². The second kappa shape index (κ2) is 8.65. The number of thioether (sulfide) groups is 1. The molecule has 0 spiro atoms. The minimum Gasteiger partial charge on any atom is -0.341 e. The lowest BCUT2D eigenvalue weighted by Gasteiger charge is -2.33. The number of carbonyl (C=O) groups excluding carboxylic acids is 2. The first kappa shape index (κ1) is 18.2. The molecule has 0 N–H and O–H groups in total. The lowest BCUT2D eigenvalue weighted by Crippen LogP contribution is -2.50. The first-order valence-electron chi connectivity index (χ1n) is 9.19. The Balaban J connectivity index is 1.78. The van der Waals surface area contributed by atoms with Gasteiger partial charge in [0, 0.05) is 38.1 Å². The van der Waals surface area contributed by atoms with Crippen LogP contribution in [-0.4, -0.2) is 63.0 Å². The number of aromatic nitrogens is 2. The Morgan fingerprint density at radius 2 is 1.48 bits per heavy atom. The molecule has 0 saturated carbocycles. The molecule has 1 aromatic rings. The molecule has 0 bridgehead atoms. The lowest BCUT2D eigenvalue weighted by molar-refractivity contribution is -0.140. The second-order valence-electron chi connectivity index (χ2n) is 6.75. The highest BCUT2D eigenvalue weighted by Crippen LogP contribution is 2.26. The van der Waals surface area contributed by atoms with Gasteiger partial charge in [-0.15, -0.1) is 0 Å². The van der Waals surface area contributed by atoms with Gasteiger partial charge < -0.3 is 9.80 Å². The van der Waals surface area contributed by atoms with Crippen LogP contribution in [0.4, 0.5) is 0 Å². The number of rotatable bonds is 4. The largest absolute Gasteiger partial charge is 0.341 e. The van der Waals surface area contributed by atoms with E-state index < -0.39 is 5.25 Å². The summed E-state index contributed by atoms with van der Waals surface area (Å²) in [6.45, 7) is 4.88. The van der Waals surface area contributed by atoms with Crippen LogP contribution in [0.3, 0.4) is 0 Å². The normalized spacial score (nSPS) is 18.5. The van der Waals surface area contributed by atoms with Gasteiger partial charge >= 0.3 is 0 Å². The molecular formula is C18H26N4O2S. The van der Waals surface area contributed by atoms with Crippen molar-refractivity contribution in [3.05, 3.63) is 18.0 Å². The molecule has 0 atom stereocenters. The summed E-state index contributed by atoms with van der Waals surface area (Å²) >= 11 is 1.20. The predicted octanol–water partition coefficient (Wildman–Crippen LogP) is 2.27. The molecule has 3 heterocycles. The van der Waals surface area contributed by atoms with Gasteiger partial charge in [-0.25, -0.2) is 9.97 Å². The monoisotopic (exact) mass is 362 g/mol. The van der Waals surface area contributed by atoms with Crippen LogP contribution in [0.5, 0.6) is 0 Å². The van der Waals surface area contributed by atoms with Gasteiger partial charge in [0.05, 0.1) is 0 Å². The third-order valence-electron chi connectivity index (χ3n) is 4.78. The number of likely N-dealkylation sites (tertiary alicyclic amines) is 2. The van der Waals surface area contributed by atoms with Gasteiger partial charge in [-0.3, -0.25) is 9.59 Å². The average Bonchev–Trinajstić information content (AvgIpc) is 2.66. The van der Waals surface area contributed by atoms with E-state index in [4.69, 9.17) is 0 Å². The predicted molar refractivity (Wildman–Crippen MR) is 97.3 cm³/mol. The lowest BCUT2D eigenvalue weighted by atomic mass is 10.1. The first-order chi connectivity index (χ1) is 12.1. The van der Waals surface area contributed by atoms with Crippen LogP contribution in [0.2, 0.25) is 0 Å². The standard InChI is InChI=1S/C18H26N4O2S/c1-14-8-9-19-18(20-14)25-15(16(23)21-10-4-2-5-11-21)17(24)22-12-6-3-7-13-22/h8-9,15H,2-7,10-13H2,1H3. The Morgan fingerprint density at radius 3 is 1.96 bits per heavy atom. The van der Waals surface area contributed by atoms with Crippen molar-refractivity contribution in [1.29, 1.82) is 0 Å². The van der Waals surface area contributed by atoms with Crippen molar-refractivity contribution in [2.45, 2.75) is 55.9 Å². The Labute approximate surface area is 153 Å². The van der Waals surface area contributed by atoms with E-state index in [0.29, 0.717) is 5.16 Å². The third kappa shape index (κ3) is 4.71. The van der Waals surface area contributed by atoms with Crippen LogP contribution < -0.4 is 0 Å². The zero-order chi connectivity index (χ0) is 17.6. The number of piperidine rings is 2. The topological polar surface area (TPSA) is 66.4 Å². The minimum absolute atomic E-state index is 0.0784. The molecule has 0 aliphatic carbocycles. The average molecular weight is 362 g/mol. The summed E-state index contributed by atoms with van der Waals surface area (Å²) in [4.78, 5) is 38.5. The summed E-state index contributed by atoms with van der Waals surface area (Å²) in [6, 6.07) is 1.82. The van der Waals surface area contributed by atoms with Crippen molar-refractivity contribution in [2.24, 2.45) is 0 Å². The van der Waals surface area contributed by atoms with Crippen LogP contribution in [-0.2, 0) is 9.59 Å². The van der Waals surface area contributed by atoms with E-state index in [2.05, 4.69) is 9.97 Å². The number of hydrogen-bond donors (Lipinski definition) is 0. The summed E-state index contributed by atoms with van der Waals surface area (Å²) in [5.41, 5.74) is 0.840. The quantitative estimate of drug-likeness (QED) is 0.467. The maximum absolute atomic E-state index is 13.1. The van der Waals surface area contributed by atoms with Crippen molar-refractivity contribution in [1.82, 2.24) is 19.8 Å². The van der Waals surface area contributed by atoms with Crippen molar-refractivity contribution in [2.75, 3.05) is 26.2 Å². The second-order valence-corrected chi connectivity index (χ2v) is 7.82. The van der Waals surface area contributed by atoms with Gasteiger partial charge in [0.1, 0.15) is 0 Å². The molecule has 25 heavy (non-hydrogen) atoms. The van der Waals surface area contributed by atoms with E-state index in [9.17, 15) is 9.59 Å². The molecule has 0 unspecified atom stereocenters. The van der Waals surface area contributed by atoms with Crippen LogP contribution >= 0.6 is 11.8 Å². The fraction of sp³-hybridized carbons (Fsp3) is 0.667. The van der Waals surface area contributed by atoms with Crippen molar-refractivity contribution in [3.8, 4) is 0 Å². The van der Waals surface area contributed by atoms with E-state index in [1.165, 1.54) is 11.8 Å². The maximum Gasteiger partial charge on any atom is 0.245 e. The molecule has 136 valence electrons. The van der Waals surface area contributed by atoms with Crippen molar-refractivity contribution in [3.63, 3.8) is 0 Å². The molecule has 2 aliphatic heterocycles. The summed E-state index contributed by atoms with van der Waals surface area (Å²) in [5, 5.41) is -0.265. The molecule has 1 aromatic heterocycles. The van der Waals surface area contributed by atoms with E-state index >= 15 is 0 Å². The number of amides is 2. The zero-order valence-corrected chi connectivity index (χ0v) is 15.6.